The van der Waals surface area contributed by atoms with Gasteiger partial charge in [-0.2, -0.15) is 0 Å². The van der Waals surface area contributed by atoms with Gasteiger partial charge < -0.3 is 9.94 Å². The molecule has 4 nitrogen and oxygen atoms in total. The summed E-state index contributed by atoms with van der Waals surface area (Å²) in [5.41, 5.74) is 1.09. The van der Waals surface area contributed by atoms with Crippen LogP contribution in [0.4, 0.5) is 0 Å². The highest BCUT2D eigenvalue weighted by Crippen LogP contribution is 2.38. The van der Waals surface area contributed by atoms with Crippen molar-refractivity contribution in [2.24, 2.45) is 17.0 Å². The van der Waals surface area contributed by atoms with Crippen molar-refractivity contribution in [3.05, 3.63) is 11.3 Å². The van der Waals surface area contributed by atoms with Crippen LogP contribution in [0.1, 0.15) is 84.5 Å². The highest BCUT2D eigenvalue weighted by molar-refractivity contribution is 6.23. The van der Waals surface area contributed by atoms with E-state index in [2.05, 4.69) is 12.1 Å². The van der Waals surface area contributed by atoms with Crippen molar-refractivity contribution < 1.29 is 14.7 Å². The molecule has 24 heavy (non-hydrogen) atoms. The lowest BCUT2D eigenvalue weighted by atomic mass is 9.75. The number of carbonyl (C=O) groups excluding carboxylic acids is 1. The van der Waals surface area contributed by atoms with E-state index in [1.165, 1.54) is 38.5 Å². The zero-order valence-electron chi connectivity index (χ0n) is 15.4. The monoisotopic (exact) mass is 335 g/mol. The number of nitrogens with zero attached hydrogens (tertiary/aromatic N) is 1. The van der Waals surface area contributed by atoms with Gasteiger partial charge in [0, 0.05) is 12.8 Å². The predicted molar refractivity (Wildman–Crippen MR) is 97.2 cm³/mol. The van der Waals surface area contributed by atoms with Crippen LogP contribution in [-0.4, -0.2) is 23.2 Å². The summed E-state index contributed by atoms with van der Waals surface area (Å²) in [6, 6.07) is 0. The Morgan fingerprint density at radius 3 is 2.42 bits per heavy atom. The molecule has 0 amide bonds. The lowest BCUT2D eigenvalue weighted by molar-refractivity contribution is -0.117. The van der Waals surface area contributed by atoms with E-state index in [-0.39, 0.29) is 11.5 Å². The van der Waals surface area contributed by atoms with Gasteiger partial charge in [-0.15, -0.1) is 0 Å². The summed E-state index contributed by atoms with van der Waals surface area (Å²) >= 11 is 0. The Labute approximate surface area is 146 Å². The van der Waals surface area contributed by atoms with Crippen LogP contribution in [0.5, 0.6) is 0 Å². The number of aliphatic hydroxyl groups is 1. The summed E-state index contributed by atoms with van der Waals surface area (Å²) in [5, 5.41) is 14.7. The first kappa shape index (κ1) is 19.0. The van der Waals surface area contributed by atoms with Crippen molar-refractivity contribution in [2.75, 3.05) is 6.61 Å². The van der Waals surface area contributed by atoms with Gasteiger partial charge in [0.2, 0.25) is 0 Å². The van der Waals surface area contributed by atoms with Crippen LogP contribution in [0.15, 0.2) is 16.5 Å². The number of ketones is 1. The Morgan fingerprint density at radius 2 is 1.83 bits per heavy atom. The van der Waals surface area contributed by atoms with Gasteiger partial charge in [0.25, 0.3) is 0 Å². The van der Waals surface area contributed by atoms with Gasteiger partial charge in [-0.3, -0.25) is 4.79 Å². The van der Waals surface area contributed by atoms with E-state index >= 15 is 0 Å². The first-order chi connectivity index (χ1) is 11.7. The maximum Gasteiger partial charge on any atom is 0.168 e. The van der Waals surface area contributed by atoms with E-state index in [0.29, 0.717) is 49.0 Å². The van der Waals surface area contributed by atoms with Crippen LogP contribution in [0.2, 0.25) is 0 Å². The van der Waals surface area contributed by atoms with Crippen molar-refractivity contribution in [2.45, 2.75) is 84.5 Å². The Morgan fingerprint density at radius 1 is 1.12 bits per heavy atom. The van der Waals surface area contributed by atoms with Crippen LogP contribution in [-0.2, 0) is 9.63 Å². The van der Waals surface area contributed by atoms with E-state index in [0.717, 1.165) is 12.8 Å². The van der Waals surface area contributed by atoms with E-state index in [1.807, 2.05) is 6.92 Å². The zero-order chi connectivity index (χ0) is 17.4. The molecule has 0 bridgehead atoms. The van der Waals surface area contributed by atoms with Gasteiger partial charge in [-0.1, -0.05) is 57.0 Å². The van der Waals surface area contributed by atoms with Crippen LogP contribution in [0, 0.1) is 11.8 Å². The number of unbranched alkanes of at least 4 members (excludes halogenated alkanes) is 1. The summed E-state index contributed by atoms with van der Waals surface area (Å²) in [6.07, 6.45) is 11.4. The van der Waals surface area contributed by atoms with E-state index in [9.17, 15) is 9.90 Å². The molecule has 0 saturated heterocycles. The maximum absolute atomic E-state index is 12.8. The fourth-order valence-corrected chi connectivity index (χ4v) is 4.07. The second-order valence-corrected chi connectivity index (χ2v) is 7.22. The molecule has 2 aliphatic rings. The SMILES string of the molecule is CCCCC(=NOCC)C1=C(O)CC(C2CCCCCC2)CC1=O. The molecule has 4 heteroatoms. The minimum atomic E-state index is 0.0579. The lowest BCUT2D eigenvalue weighted by Gasteiger charge is -2.30. The zero-order valence-corrected chi connectivity index (χ0v) is 15.4. The number of carbonyl (C=O) groups is 1. The molecule has 1 fully saturated rings. The Balaban J connectivity index is 2.14. The van der Waals surface area contributed by atoms with Crippen LogP contribution >= 0.6 is 0 Å². The van der Waals surface area contributed by atoms with Gasteiger partial charge in [0.15, 0.2) is 5.78 Å². The molecule has 1 N–H and O–H groups in total. The summed E-state index contributed by atoms with van der Waals surface area (Å²) in [7, 11) is 0. The molecular formula is C20H33NO3. The molecule has 0 aromatic rings. The molecule has 0 aliphatic heterocycles. The molecule has 0 aromatic carbocycles. The fourth-order valence-electron chi connectivity index (χ4n) is 4.07. The maximum atomic E-state index is 12.8. The smallest absolute Gasteiger partial charge is 0.168 e. The first-order valence-electron chi connectivity index (χ1n) is 9.81. The molecule has 1 unspecified atom stereocenters. The number of allylic oxidation sites excluding steroid dienone is 2. The number of oxime groups is 1. The topological polar surface area (TPSA) is 58.9 Å². The van der Waals surface area contributed by atoms with Crippen molar-refractivity contribution in [1.82, 2.24) is 0 Å². The molecular weight excluding hydrogens is 302 g/mol. The summed E-state index contributed by atoms with van der Waals surface area (Å²) < 4.78 is 0. The molecule has 136 valence electrons. The predicted octanol–water partition coefficient (Wildman–Crippen LogP) is 5.33. The quantitative estimate of drug-likeness (QED) is 0.388. The molecule has 0 spiro atoms. The normalized spacial score (nSPS) is 24.2. The molecule has 2 aliphatic carbocycles. The molecule has 0 heterocycles. The Hall–Kier alpha value is -1.32. The highest BCUT2D eigenvalue weighted by atomic mass is 16.6. The average molecular weight is 335 g/mol. The van der Waals surface area contributed by atoms with Gasteiger partial charge >= 0.3 is 0 Å². The molecule has 1 atom stereocenters. The standard InChI is InChI=1S/C20H33NO3/c1-3-5-12-17(21-24-4-2)20-18(22)13-16(14-19(20)23)15-10-8-6-7-9-11-15/h15-16,22H,3-14H2,1-2H3. The number of aliphatic hydroxyl groups excluding tert-OH is 1. The van der Waals surface area contributed by atoms with Gasteiger partial charge in [0.05, 0.1) is 11.3 Å². The highest BCUT2D eigenvalue weighted by Gasteiger charge is 2.34. The second-order valence-electron chi connectivity index (χ2n) is 7.22. The summed E-state index contributed by atoms with van der Waals surface area (Å²) in [6.45, 7) is 4.46. The third-order valence-electron chi connectivity index (χ3n) is 5.40. The Bertz CT molecular complexity index is 473. The molecule has 1 saturated carbocycles. The van der Waals surface area contributed by atoms with E-state index in [4.69, 9.17) is 4.84 Å². The Kier molecular flexibility index (Phi) is 7.80. The minimum Gasteiger partial charge on any atom is -0.511 e. The fraction of sp³-hybridized carbons (Fsp3) is 0.800. The van der Waals surface area contributed by atoms with Crippen molar-refractivity contribution in [3.63, 3.8) is 0 Å². The molecule has 2 rings (SSSR count). The number of Topliss-reactive ketones (excluding diaryl/α,β-unsaturated/α-hetero) is 1. The average Bonchev–Trinajstić information content (AvgIpc) is 2.85. The van der Waals surface area contributed by atoms with Gasteiger partial charge in [-0.25, -0.2) is 0 Å². The van der Waals surface area contributed by atoms with E-state index < -0.39 is 0 Å². The summed E-state index contributed by atoms with van der Waals surface area (Å²) in [5.74, 6) is 1.19. The second kappa shape index (κ2) is 9.85. The first-order valence-corrected chi connectivity index (χ1v) is 9.81. The molecule has 0 aromatic heterocycles. The third-order valence-corrected chi connectivity index (χ3v) is 5.40. The van der Waals surface area contributed by atoms with Crippen molar-refractivity contribution >= 4 is 11.5 Å². The van der Waals surface area contributed by atoms with Crippen LogP contribution < -0.4 is 0 Å². The van der Waals surface area contributed by atoms with Crippen molar-refractivity contribution in [1.29, 1.82) is 0 Å². The van der Waals surface area contributed by atoms with E-state index in [1.54, 1.807) is 0 Å². The number of hydrogen-bond donors (Lipinski definition) is 1. The number of hydrogen-bond acceptors (Lipinski definition) is 4. The van der Waals surface area contributed by atoms with Crippen LogP contribution in [0.3, 0.4) is 0 Å². The van der Waals surface area contributed by atoms with Gasteiger partial charge in [0.1, 0.15) is 12.4 Å². The number of rotatable bonds is 7. The largest absolute Gasteiger partial charge is 0.511 e. The molecule has 0 radical (unpaired) electrons. The summed E-state index contributed by atoms with van der Waals surface area (Å²) in [4.78, 5) is 17.9. The van der Waals surface area contributed by atoms with Crippen molar-refractivity contribution in [3.8, 4) is 0 Å². The third kappa shape index (κ3) is 5.09. The van der Waals surface area contributed by atoms with Crippen LogP contribution in [0.25, 0.3) is 0 Å². The minimum absolute atomic E-state index is 0.0579. The van der Waals surface area contributed by atoms with Gasteiger partial charge in [-0.05, 0) is 31.6 Å². The lowest BCUT2D eigenvalue weighted by Crippen LogP contribution is -2.28.